The first kappa shape index (κ1) is 32.6. The van der Waals surface area contributed by atoms with Gasteiger partial charge in [0.15, 0.2) is 0 Å². The Morgan fingerprint density at radius 3 is 1.78 bits per heavy atom. The molecule has 0 radical (unpaired) electrons. The lowest BCUT2D eigenvalue weighted by molar-refractivity contribution is 0.660. The van der Waals surface area contributed by atoms with Gasteiger partial charge in [-0.25, -0.2) is 0 Å². The molecule has 0 unspecified atom stereocenters. The molecule has 59 heavy (non-hydrogen) atoms. The van der Waals surface area contributed by atoms with Crippen molar-refractivity contribution in [2.75, 3.05) is 0 Å². The highest BCUT2D eigenvalue weighted by Gasteiger charge is 2.35. The quantitative estimate of drug-likeness (QED) is 0.164. The van der Waals surface area contributed by atoms with Gasteiger partial charge in [0.2, 0.25) is 0 Å². The normalized spacial score (nSPS) is 13.4. The largest absolute Gasteiger partial charge is 0.455 e. The first-order chi connectivity index (χ1) is 29.0. The van der Waals surface area contributed by atoms with E-state index in [1.807, 2.05) is 0 Å². The summed E-state index contributed by atoms with van der Waals surface area (Å²) in [6.45, 7) is 4.73. The zero-order valence-corrected chi connectivity index (χ0v) is 32.8. The maximum absolute atomic E-state index is 7.23. The molecule has 0 aliphatic heterocycles. The second-order valence-corrected chi connectivity index (χ2v) is 16.8. The lowest BCUT2D eigenvalue weighted by Crippen LogP contribution is -2.14. The molecule has 0 amide bonds. The third-order valence-electron chi connectivity index (χ3n) is 13.3. The van der Waals surface area contributed by atoms with E-state index in [2.05, 4.69) is 206 Å². The van der Waals surface area contributed by atoms with Crippen LogP contribution in [0.4, 0.5) is 0 Å². The molecule has 0 saturated heterocycles. The fourth-order valence-electron chi connectivity index (χ4n) is 10.7. The number of para-hydroxylation sites is 2. The first-order valence-electron chi connectivity index (χ1n) is 20.6. The van der Waals surface area contributed by atoms with Gasteiger partial charge in [-0.3, -0.25) is 0 Å². The van der Waals surface area contributed by atoms with Gasteiger partial charge in [-0.05, 0) is 108 Å². The molecule has 0 spiro atoms. The van der Waals surface area contributed by atoms with Crippen LogP contribution < -0.4 is 0 Å². The van der Waals surface area contributed by atoms with Crippen molar-refractivity contribution in [3.05, 3.63) is 199 Å². The first-order valence-corrected chi connectivity index (χ1v) is 20.6. The minimum absolute atomic E-state index is 0.0914. The van der Waals surface area contributed by atoms with Crippen molar-refractivity contribution in [3.63, 3.8) is 0 Å². The van der Waals surface area contributed by atoms with E-state index < -0.39 is 0 Å². The molecule has 1 aliphatic rings. The summed E-state index contributed by atoms with van der Waals surface area (Å²) >= 11 is 0. The molecule has 2 heteroatoms. The van der Waals surface area contributed by atoms with Crippen LogP contribution in [0.5, 0.6) is 0 Å². The van der Waals surface area contributed by atoms with Crippen LogP contribution in [0.15, 0.2) is 192 Å². The van der Waals surface area contributed by atoms with E-state index in [9.17, 15) is 0 Å². The highest BCUT2D eigenvalue weighted by molar-refractivity contribution is 6.29. The fourth-order valence-corrected chi connectivity index (χ4v) is 10.7. The van der Waals surface area contributed by atoms with Crippen molar-refractivity contribution in [2.45, 2.75) is 19.3 Å². The molecular weight excluding hydrogens is 715 g/mol. The Morgan fingerprint density at radius 2 is 1.02 bits per heavy atom. The minimum atomic E-state index is -0.0914. The molecule has 2 nitrogen and oxygen atoms in total. The van der Waals surface area contributed by atoms with Crippen LogP contribution in [-0.2, 0) is 5.41 Å². The van der Waals surface area contributed by atoms with Gasteiger partial charge < -0.3 is 8.98 Å². The molecule has 12 aromatic rings. The van der Waals surface area contributed by atoms with E-state index in [1.54, 1.807) is 0 Å². The summed E-state index contributed by atoms with van der Waals surface area (Å²) in [6.07, 6.45) is 0. The lowest BCUT2D eigenvalue weighted by Gasteiger charge is -2.23. The van der Waals surface area contributed by atoms with Gasteiger partial charge in [0.1, 0.15) is 11.2 Å². The summed E-state index contributed by atoms with van der Waals surface area (Å²) in [7, 11) is 0. The Hall–Kier alpha value is -7.42. The van der Waals surface area contributed by atoms with Crippen molar-refractivity contribution >= 4 is 76.1 Å². The zero-order chi connectivity index (χ0) is 39.0. The van der Waals surface area contributed by atoms with Crippen molar-refractivity contribution in [2.24, 2.45) is 0 Å². The van der Waals surface area contributed by atoms with Crippen LogP contribution in [0.1, 0.15) is 25.0 Å². The lowest BCUT2D eigenvalue weighted by atomic mass is 9.80. The van der Waals surface area contributed by atoms with Crippen LogP contribution in [0.2, 0.25) is 0 Å². The highest BCUT2D eigenvalue weighted by atomic mass is 16.3. The maximum Gasteiger partial charge on any atom is 0.143 e. The summed E-state index contributed by atoms with van der Waals surface area (Å²) in [6, 6.07) is 69.3. The second-order valence-electron chi connectivity index (χ2n) is 16.8. The topological polar surface area (TPSA) is 18.1 Å². The molecule has 0 fully saturated rings. The van der Waals surface area contributed by atoms with Gasteiger partial charge in [0, 0.05) is 43.8 Å². The number of hydrogen-bond donors (Lipinski definition) is 0. The summed E-state index contributed by atoms with van der Waals surface area (Å²) in [5, 5.41) is 12.0. The number of hydrogen-bond acceptors (Lipinski definition) is 1. The number of nitrogens with zero attached hydrogens (tertiary/aromatic N) is 1. The Morgan fingerprint density at radius 1 is 0.407 bits per heavy atom. The van der Waals surface area contributed by atoms with Crippen LogP contribution in [0.3, 0.4) is 0 Å². The van der Waals surface area contributed by atoms with Crippen LogP contribution >= 0.6 is 0 Å². The van der Waals surface area contributed by atoms with Crippen molar-refractivity contribution in [3.8, 4) is 39.1 Å². The molecular formula is C57H37NO. The standard InChI is InChI=1S/C57H37NO/c1-57(2)48-26-14-12-20-38(48)39-29-28-35(31-49(39)57)53-41-22-8-10-24-43(41)54(44-25-11-9-23-42(44)53)47-30-34-16-6-7-19-37(34)55-46-32-51-45(33-52(46)59-56(47)55)40-21-13-15-27-50(40)58(51)36-17-4-3-5-18-36/h3-33H,1-2H3. The van der Waals surface area contributed by atoms with Gasteiger partial charge in [-0.2, -0.15) is 0 Å². The average molecular weight is 752 g/mol. The fraction of sp³-hybridized carbons (Fsp3) is 0.0526. The summed E-state index contributed by atoms with van der Waals surface area (Å²) < 4.78 is 9.62. The number of aromatic nitrogens is 1. The molecule has 0 N–H and O–H groups in total. The minimum Gasteiger partial charge on any atom is -0.455 e. The van der Waals surface area contributed by atoms with Gasteiger partial charge in [0.05, 0.1) is 11.0 Å². The SMILES string of the molecule is CC1(C)c2ccccc2-c2ccc(-c3c4ccccc4c(-c4cc5ccccc5c5c4oc4cc6c7ccccc7n(-c7ccccc7)c6cc45)c4ccccc34)cc21. The third kappa shape index (κ3) is 4.41. The van der Waals surface area contributed by atoms with Gasteiger partial charge >= 0.3 is 0 Å². The van der Waals surface area contributed by atoms with Crippen LogP contribution in [0, 0.1) is 0 Å². The van der Waals surface area contributed by atoms with E-state index in [0.717, 1.165) is 33.2 Å². The third-order valence-corrected chi connectivity index (χ3v) is 13.3. The average Bonchev–Trinajstić information content (AvgIpc) is 3.90. The monoisotopic (exact) mass is 751 g/mol. The van der Waals surface area contributed by atoms with E-state index >= 15 is 0 Å². The number of fused-ring (bicyclic) bond motifs is 13. The Bertz CT molecular complexity index is 3690. The smallest absolute Gasteiger partial charge is 0.143 e. The summed E-state index contributed by atoms with van der Waals surface area (Å²) in [4.78, 5) is 0. The van der Waals surface area contributed by atoms with Crippen molar-refractivity contribution in [1.29, 1.82) is 0 Å². The highest BCUT2D eigenvalue weighted by Crippen LogP contribution is 2.52. The molecule has 0 bridgehead atoms. The molecule has 1 aliphatic carbocycles. The van der Waals surface area contributed by atoms with Crippen LogP contribution in [0.25, 0.3) is 115 Å². The molecule has 10 aromatic carbocycles. The molecule has 0 saturated carbocycles. The summed E-state index contributed by atoms with van der Waals surface area (Å²) in [5.74, 6) is 0. The predicted octanol–water partition coefficient (Wildman–Crippen LogP) is 15.8. The molecule has 13 rings (SSSR count). The van der Waals surface area contributed by atoms with Gasteiger partial charge in [0.25, 0.3) is 0 Å². The van der Waals surface area contributed by atoms with E-state index in [-0.39, 0.29) is 5.41 Å². The predicted molar refractivity (Wildman–Crippen MR) is 249 cm³/mol. The van der Waals surface area contributed by atoms with Crippen LogP contribution in [-0.4, -0.2) is 4.57 Å². The molecule has 276 valence electrons. The number of furan rings is 1. The number of rotatable bonds is 3. The van der Waals surface area contributed by atoms with E-state index in [4.69, 9.17) is 4.42 Å². The van der Waals surface area contributed by atoms with E-state index in [0.29, 0.717) is 0 Å². The summed E-state index contributed by atoms with van der Waals surface area (Å²) in [5.41, 5.74) is 15.5. The van der Waals surface area contributed by atoms with Gasteiger partial charge in [-0.15, -0.1) is 0 Å². The van der Waals surface area contributed by atoms with E-state index in [1.165, 1.54) is 93.1 Å². The Labute approximate surface area is 341 Å². The Balaban J connectivity index is 1.13. The maximum atomic E-state index is 7.23. The van der Waals surface area contributed by atoms with Gasteiger partial charge in [-0.1, -0.05) is 159 Å². The second kappa shape index (κ2) is 11.8. The zero-order valence-electron chi connectivity index (χ0n) is 32.8. The van der Waals surface area contributed by atoms with Crippen molar-refractivity contribution < 1.29 is 4.42 Å². The molecule has 0 atom stereocenters. The Kier molecular flexibility index (Phi) is 6.54. The molecule has 2 heterocycles. The molecule has 2 aromatic heterocycles. The van der Waals surface area contributed by atoms with Crippen molar-refractivity contribution in [1.82, 2.24) is 4.57 Å². The number of benzene rings is 10.